The maximum absolute atomic E-state index is 13.3. The lowest BCUT2D eigenvalue weighted by atomic mass is 9.88. The van der Waals surface area contributed by atoms with Crippen molar-refractivity contribution in [3.63, 3.8) is 0 Å². The zero-order chi connectivity index (χ0) is 24.9. The number of likely N-dealkylation sites (tertiary alicyclic amines) is 1. The first-order chi connectivity index (χ1) is 17.6. The number of fused-ring (bicyclic) bond motifs is 1. The Hall–Kier alpha value is -3.26. The van der Waals surface area contributed by atoms with Gasteiger partial charge in [0.2, 0.25) is 0 Å². The summed E-state index contributed by atoms with van der Waals surface area (Å²) in [6, 6.07) is 12.5. The molecule has 0 radical (unpaired) electrons. The molecule has 1 amide bonds. The molecule has 2 fully saturated rings. The number of carbonyl (C=O) groups is 2. The minimum Gasteiger partial charge on any atom is -0.493 e. The van der Waals surface area contributed by atoms with Crippen molar-refractivity contribution >= 4 is 22.8 Å². The van der Waals surface area contributed by atoms with E-state index in [-0.39, 0.29) is 17.9 Å². The minimum absolute atomic E-state index is 0.139. The van der Waals surface area contributed by atoms with Crippen LogP contribution in [0.4, 0.5) is 0 Å². The first kappa shape index (κ1) is 24.4. The Bertz CT molecular complexity index is 1190. The lowest BCUT2D eigenvalue weighted by Crippen LogP contribution is -2.46. The molecule has 8 heteroatoms. The number of hydrogen-bond donors (Lipinski definition) is 1. The van der Waals surface area contributed by atoms with Gasteiger partial charge in [0.05, 0.1) is 12.2 Å². The molecule has 1 aliphatic carbocycles. The van der Waals surface area contributed by atoms with Gasteiger partial charge in [-0.25, -0.2) is 0 Å². The number of hydrogen-bond acceptors (Lipinski definition) is 6. The molecule has 8 nitrogen and oxygen atoms in total. The van der Waals surface area contributed by atoms with E-state index in [1.165, 1.54) is 43.3 Å². The highest BCUT2D eigenvalue weighted by molar-refractivity contribution is 6.04. The molecule has 1 saturated heterocycles. The zero-order valence-electron chi connectivity index (χ0n) is 21.0. The van der Waals surface area contributed by atoms with Crippen molar-refractivity contribution in [2.75, 3.05) is 26.2 Å². The summed E-state index contributed by atoms with van der Waals surface area (Å²) < 4.78 is 7.08. The number of amides is 1. The second-order valence-corrected chi connectivity index (χ2v) is 9.99. The van der Waals surface area contributed by atoms with Gasteiger partial charge in [0.15, 0.2) is 0 Å². The highest BCUT2D eigenvalue weighted by atomic mass is 16.5. The van der Waals surface area contributed by atoms with Crippen LogP contribution >= 0.6 is 0 Å². The Labute approximate surface area is 212 Å². The zero-order valence-corrected chi connectivity index (χ0v) is 21.0. The third-order valence-corrected chi connectivity index (χ3v) is 7.47. The van der Waals surface area contributed by atoms with Crippen LogP contribution in [0.25, 0.3) is 11.0 Å². The minimum atomic E-state index is -0.280. The maximum Gasteiger partial charge on any atom is 0.280 e. The lowest BCUT2D eigenvalue weighted by Gasteiger charge is -2.35. The number of piperidine rings is 1. The number of nitrogens with one attached hydrogen (secondary N) is 1. The molecular formula is C28H35N5O3. The monoisotopic (exact) mass is 489 g/mol. The molecule has 1 aromatic heterocycles. The molecule has 1 aliphatic heterocycles. The average Bonchev–Trinajstić information content (AvgIpc) is 3.33. The van der Waals surface area contributed by atoms with Crippen molar-refractivity contribution in [1.82, 2.24) is 25.2 Å². The maximum atomic E-state index is 13.3. The number of aromatic nitrogens is 3. The molecule has 36 heavy (non-hydrogen) atoms. The molecule has 0 atom stereocenters. The fraction of sp³-hybridized carbons (Fsp3) is 0.500. The summed E-state index contributed by atoms with van der Waals surface area (Å²) in [7, 11) is 0. The van der Waals surface area contributed by atoms with Crippen molar-refractivity contribution in [2.45, 2.75) is 57.9 Å². The van der Waals surface area contributed by atoms with E-state index in [1.54, 1.807) is 36.4 Å². The van der Waals surface area contributed by atoms with Crippen molar-refractivity contribution < 1.29 is 14.3 Å². The summed E-state index contributed by atoms with van der Waals surface area (Å²) in [5, 5.41) is 11.5. The molecule has 0 bridgehead atoms. The fourth-order valence-electron chi connectivity index (χ4n) is 5.51. The Morgan fingerprint density at radius 3 is 2.50 bits per heavy atom. The number of nitrogens with zero attached hydrogens (tertiary/aromatic N) is 4. The molecule has 1 saturated carbocycles. The van der Waals surface area contributed by atoms with Gasteiger partial charge in [-0.2, -0.15) is 4.68 Å². The summed E-state index contributed by atoms with van der Waals surface area (Å²) in [6.45, 7) is 5.52. The first-order valence-electron chi connectivity index (χ1n) is 13.3. The third kappa shape index (κ3) is 5.43. The van der Waals surface area contributed by atoms with Crippen LogP contribution in [0.2, 0.25) is 0 Å². The molecule has 1 N–H and O–H groups in total. The molecule has 5 rings (SSSR count). The summed E-state index contributed by atoms with van der Waals surface area (Å²) in [6.07, 6.45) is 8.76. The molecule has 2 heterocycles. The smallest absolute Gasteiger partial charge is 0.280 e. The Kier molecular flexibility index (Phi) is 7.60. The molecule has 3 aromatic rings. The van der Waals surface area contributed by atoms with E-state index >= 15 is 0 Å². The Balaban J connectivity index is 1.27. The number of ether oxygens (including phenoxy) is 1. The molecular weight excluding hydrogens is 454 g/mol. The summed E-state index contributed by atoms with van der Waals surface area (Å²) in [5.41, 5.74) is 1.93. The topological polar surface area (TPSA) is 89.3 Å². The second-order valence-electron chi connectivity index (χ2n) is 9.99. The number of carbonyl (C=O) groups excluding carboxylic acids is 2. The molecule has 2 aromatic carbocycles. The van der Waals surface area contributed by atoms with Crippen LogP contribution in [-0.2, 0) is 0 Å². The van der Waals surface area contributed by atoms with Crippen molar-refractivity contribution in [3.8, 4) is 5.75 Å². The predicted molar refractivity (Wildman–Crippen MR) is 138 cm³/mol. The molecule has 0 spiro atoms. The molecule has 0 unspecified atom stereocenters. The van der Waals surface area contributed by atoms with Crippen LogP contribution < -0.4 is 10.1 Å². The van der Waals surface area contributed by atoms with Crippen LogP contribution in [0.15, 0.2) is 42.5 Å². The van der Waals surface area contributed by atoms with Crippen molar-refractivity contribution in [3.05, 3.63) is 53.6 Å². The molecule has 190 valence electrons. The van der Waals surface area contributed by atoms with E-state index in [4.69, 9.17) is 4.74 Å². The lowest BCUT2D eigenvalue weighted by molar-refractivity contribution is 0.0897. The fourth-order valence-corrected chi connectivity index (χ4v) is 5.51. The largest absolute Gasteiger partial charge is 0.493 e. The first-order valence-corrected chi connectivity index (χ1v) is 13.3. The summed E-state index contributed by atoms with van der Waals surface area (Å²) in [5.74, 6) is 0.821. The average molecular weight is 490 g/mol. The third-order valence-electron chi connectivity index (χ3n) is 7.47. The van der Waals surface area contributed by atoms with Crippen LogP contribution in [-0.4, -0.2) is 64.0 Å². The number of benzene rings is 2. The van der Waals surface area contributed by atoms with Gasteiger partial charge in [0.1, 0.15) is 16.8 Å². The second kappa shape index (κ2) is 11.2. The van der Waals surface area contributed by atoms with Gasteiger partial charge in [-0.05, 0) is 56.7 Å². The summed E-state index contributed by atoms with van der Waals surface area (Å²) in [4.78, 5) is 28.8. The SMILES string of the molecule is CCOc1cc2c(cc1C(=O)NC1CCN(CC3CCCCC3)CC1)nnn2C(=O)c1ccccc1. The molecule has 2 aliphatic rings. The number of rotatable bonds is 7. The standard InChI is InChI=1S/C28H35N5O3/c1-2-36-26-18-25-24(30-31-33(25)28(35)21-11-7-4-8-12-21)17-23(26)27(34)29-22-13-15-32(16-14-22)19-20-9-5-3-6-10-20/h4,7-8,11-12,17-18,20,22H,2-3,5-6,9-10,13-16,19H2,1H3,(H,29,34). The quantitative estimate of drug-likeness (QED) is 0.533. The van der Waals surface area contributed by atoms with E-state index in [0.29, 0.717) is 34.5 Å². The van der Waals surface area contributed by atoms with Crippen LogP contribution in [0.1, 0.15) is 72.6 Å². The van der Waals surface area contributed by atoms with Crippen LogP contribution in [0.5, 0.6) is 5.75 Å². The summed E-state index contributed by atoms with van der Waals surface area (Å²) >= 11 is 0. The normalized spacial score (nSPS) is 17.8. The van der Waals surface area contributed by atoms with E-state index in [2.05, 4.69) is 20.5 Å². The van der Waals surface area contributed by atoms with Crippen molar-refractivity contribution in [2.24, 2.45) is 5.92 Å². The Morgan fingerprint density at radius 2 is 1.78 bits per heavy atom. The van der Waals surface area contributed by atoms with Gasteiger partial charge in [-0.1, -0.05) is 42.7 Å². The Morgan fingerprint density at radius 1 is 1.03 bits per heavy atom. The van der Waals surface area contributed by atoms with Gasteiger partial charge in [0, 0.05) is 37.3 Å². The predicted octanol–water partition coefficient (Wildman–Crippen LogP) is 4.29. The van der Waals surface area contributed by atoms with E-state index in [0.717, 1.165) is 31.8 Å². The highest BCUT2D eigenvalue weighted by Gasteiger charge is 2.26. The van der Waals surface area contributed by atoms with E-state index in [1.807, 2.05) is 13.0 Å². The van der Waals surface area contributed by atoms with Crippen LogP contribution in [0, 0.1) is 5.92 Å². The van der Waals surface area contributed by atoms with E-state index < -0.39 is 0 Å². The van der Waals surface area contributed by atoms with Gasteiger partial charge in [0.25, 0.3) is 11.8 Å². The van der Waals surface area contributed by atoms with Gasteiger partial charge in [-0.15, -0.1) is 5.10 Å². The van der Waals surface area contributed by atoms with Gasteiger partial charge < -0.3 is 15.0 Å². The van der Waals surface area contributed by atoms with Gasteiger partial charge in [-0.3, -0.25) is 9.59 Å². The van der Waals surface area contributed by atoms with E-state index in [9.17, 15) is 9.59 Å². The van der Waals surface area contributed by atoms with Gasteiger partial charge >= 0.3 is 0 Å². The van der Waals surface area contributed by atoms with Crippen molar-refractivity contribution in [1.29, 1.82) is 0 Å². The highest BCUT2D eigenvalue weighted by Crippen LogP contribution is 2.28. The van der Waals surface area contributed by atoms with Crippen LogP contribution in [0.3, 0.4) is 0 Å².